The van der Waals surface area contributed by atoms with Gasteiger partial charge in [0.15, 0.2) is 0 Å². The van der Waals surface area contributed by atoms with E-state index in [1.165, 1.54) is 0 Å². The summed E-state index contributed by atoms with van der Waals surface area (Å²) in [4.78, 5) is 26.0. The van der Waals surface area contributed by atoms with E-state index >= 15 is 0 Å². The van der Waals surface area contributed by atoms with Gasteiger partial charge in [0, 0.05) is 23.1 Å². The van der Waals surface area contributed by atoms with Crippen molar-refractivity contribution in [3.8, 4) is 0 Å². The van der Waals surface area contributed by atoms with Crippen molar-refractivity contribution in [2.24, 2.45) is 5.92 Å². The van der Waals surface area contributed by atoms with Crippen LogP contribution in [-0.4, -0.2) is 49.9 Å². The molecule has 1 aliphatic rings. The first-order valence-corrected chi connectivity index (χ1v) is 8.35. The first kappa shape index (κ1) is 19.9. The van der Waals surface area contributed by atoms with Crippen molar-refractivity contribution in [3.63, 3.8) is 0 Å². The monoisotopic (exact) mass is 403 g/mol. The summed E-state index contributed by atoms with van der Waals surface area (Å²) in [5.74, 6) is 0.413. The van der Waals surface area contributed by atoms with Crippen LogP contribution in [0.2, 0.25) is 0 Å². The minimum Gasteiger partial charge on any atom is -0.343 e. The number of hydrogen-bond acceptors (Lipinski definition) is 3. The molecule has 1 aromatic rings. The van der Waals surface area contributed by atoms with Crippen molar-refractivity contribution in [2.45, 2.75) is 12.8 Å². The number of nitrogens with zero attached hydrogens (tertiary/aromatic N) is 1. The molecule has 0 unspecified atom stereocenters. The van der Waals surface area contributed by atoms with Crippen LogP contribution in [0, 0.1) is 5.92 Å². The average Bonchev–Trinajstić information content (AvgIpc) is 2.53. The van der Waals surface area contributed by atoms with Crippen LogP contribution in [0.25, 0.3) is 0 Å². The van der Waals surface area contributed by atoms with Gasteiger partial charge < -0.3 is 15.5 Å². The van der Waals surface area contributed by atoms with Gasteiger partial charge in [0.05, 0.1) is 6.54 Å². The minimum atomic E-state index is -0.222. The Balaban J connectivity index is 0.00000264. The molecule has 5 nitrogen and oxygen atoms in total. The van der Waals surface area contributed by atoms with Gasteiger partial charge in [-0.25, -0.2) is 0 Å². The summed E-state index contributed by atoms with van der Waals surface area (Å²) in [7, 11) is 1.95. The number of benzene rings is 1. The lowest BCUT2D eigenvalue weighted by molar-refractivity contribution is -0.131. The second kappa shape index (κ2) is 9.90. The third kappa shape index (κ3) is 6.12. The quantitative estimate of drug-likeness (QED) is 0.790. The number of carbonyl (C=O) groups excluding carboxylic acids is 2. The molecule has 0 atom stereocenters. The molecule has 2 amide bonds. The zero-order chi connectivity index (χ0) is 15.9. The van der Waals surface area contributed by atoms with Crippen LogP contribution in [0.5, 0.6) is 0 Å². The van der Waals surface area contributed by atoms with Crippen molar-refractivity contribution in [3.05, 3.63) is 34.3 Å². The van der Waals surface area contributed by atoms with Gasteiger partial charge in [-0.3, -0.25) is 9.59 Å². The smallest absolute Gasteiger partial charge is 0.251 e. The number of hydrogen-bond donors (Lipinski definition) is 2. The van der Waals surface area contributed by atoms with Crippen LogP contribution in [0.15, 0.2) is 28.7 Å². The summed E-state index contributed by atoms with van der Waals surface area (Å²) in [6.45, 7) is 2.61. The molecule has 23 heavy (non-hydrogen) atoms. The van der Waals surface area contributed by atoms with Crippen molar-refractivity contribution in [2.75, 3.05) is 33.2 Å². The largest absolute Gasteiger partial charge is 0.343 e. The van der Waals surface area contributed by atoms with Crippen LogP contribution in [0.1, 0.15) is 23.2 Å². The molecule has 0 spiro atoms. The van der Waals surface area contributed by atoms with Gasteiger partial charge >= 0.3 is 0 Å². The first-order valence-electron chi connectivity index (χ1n) is 7.56. The molecular weight excluding hydrogens is 382 g/mol. The van der Waals surface area contributed by atoms with E-state index in [1.54, 1.807) is 18.2 Å². The van der Waals surface area contributed by atoms with E-state index in [0.29, 0.717) is 11.5 Å². The average molecular weight is 405 g/mol. The molecule has 1 aliphatic heterocycles. The highest BCUT2D eigenvalue weighted by Crippen LogP contribution is 2.16. The molecule has 7 heteroatoms. The van der Waals surface area contributed by atoms with Gasteiger partial charge in [0.2, 0.25) is 5.91 Å². The van der Waals surface area contributed by atoms with Crippen molar-refractivity contribution in [1.29, 1.82) is 0 Å². The molecule has 128 valence electrons. The molecule has 1 heterocycles. The number of carbonyl (C=O) groups is 2. The van der Waals surface area contributed by atoms with Gasteiger partial charge in [0.1, 0.15) is 0 Å². The van der Waals surface area contributed by atoms with E-state index < -0.39 is 0 Å². The van der Waals surface area contributed by atoms with Crippen molar-refractivity contribution in [1.82, 2.24) is 15.5 Å². The highest BCUT2D eigenvalue weighted by atomic mass is 79.9. The molecule has 1 aromatic carbocycles. The second-order valence-electron chi connectivity index (χ2n) is 5.57. The third-order valence-electron chi connectivity index (χ3n) is 3.95. The SMILES string of the molecule is CNCC1CCN(C(=O)CNC(=O)c2cccc(Br)c2)CC1.Cl. The Bertz CT molecular complexity index is 534. The summed E-state index contributed by atoms with van der Waals surface area (Å²) in [5.41, 5.74) is 0.551. The van der Waals surface area contributed by atoms with Gasteiger partial charge in [-0.1, -0.05) is 22.0 Å². The molecule has 0 aromatic heterocycles. The summed E-state index contributed by atoms with van der Waals surface area (Å²) in [6, 6.07) is 7.13. The predicted molar refractivity (Wildman–Crippen MR) is 97.0 cm³/mol. The van der Waals surface area contributed by atoms with Crippen LogP contribution < -0.4 is 10.6 Å². The van der Waals surface area contributed by atoms with E-state index in [9.17, 15) is 9.59 Å². The maximum absolute atomic E-state index is 12.2. The maximum atomic E-state index is 12.2. The Morgan fingerprint density at radius 1 is 1.30 bits per heavy atom. The minimum absolute atomic E-state index is 0. The van der Waals surface area contributed by atoms with Crippen LogP contribution in [0.3, 0.4) is 0 Å². The normalized spacial score (nSPS) is 15.0. The van der Waals surface area contributed by atoms with Crippen LogP contribution in [0.4, 0.5) is 0 Å². The second-order valence-corrected chi connectivity index (χ2v) is 6.49. The van der Waals surface area contributed by atoms with E-state index in [-0.39, 0.29) is 30.8 Å². The van der Waals surface area contributed by atoms with Crippen molar-refractivity contribution >= 4 is 40.2 Å². The summed E-state index contributed by atoms with van der Waals surface area (Å²) in [5, 5.41) is 5.88. The molecule has 2 rings (SSSR count). The van der Waals surface area contributed by atoms with Gasteiger partial charge in [0.25, 0.3) is 5.91 Å². The fourth-order valence-electron chi connectivity index (χ4n) is 2.67. The zero-order valence-corrected chi connectivity index (χ0v) is 15.6. The molecule has 0 saturated carbocycles. The molecule has 2 N–H and O–H groups in total. The number of rotatable bonds is 5. The van der Waals surface area contributed by atoms with Gasteiger partial charge in [-0.2, -0.15) is 0 Å². The highest BCUT2D eigenvalue weighted by Gasteiger charge is 2.22. The molecule has 1 saturated heterocycles. The van der Waals surface area contributed by atoms with E-state index in [4.69, 9.17) is 0 Å². The molecular formula is C16H23BrClN3O2. The lowest BCUT2D eigenvalue weighted by Gasteiger charge is -2.32. The standard InChI is InChI=1S/C16H22BrN3O2.ClH/c1-18-10-12-5-7-20(8-6-12)15(21)11-19-16(22)13-3-2-4-14(17)9-13;/h2-4,9,12,18H,5-8,10-11H2,1H3,(H,19,22);1H. The van der Waals surface area contributed by atoms with E-state index in [2.05, 4.69) is 26.6 Å². The number of amides is 2. The number of likely N-dealkylation sites (tertiary alicyclic amines) is 1. The van der Waals surface area contributed by atoms with Crippen LogP contribution >= 0.6 is 28.3 Å². The lowest BCUT2D eigenvalue weighted by Crippen LogP contribution is -2.45. The molecule has 1 fully saturated rings. The maximum Gasteiger partial charge on any atom is 0.251 e. The first-order chi connectivity index (χ1) is 10.6. The summed E-state index contributed by atoms with van der Waals surface area (Å²) < 4.78 is 0.845. The topological polar surface area (TPSA) is 61.4 Å². The van der Waals surface area contributed by atoms with Gasteiger partial charge in [-0.15, -0.1) is 12.4 Å². The Hall–Kier alpha value is -1.11. The van der Waals surface area contributed by atoms with E-state index in [1.807, 2.05) is 18.0 Å². The fourth-order valence-corrected chi connectivity index (χ4v) is 3.07. The molecule has 0 bridgehead atoms. The van der Waals surface area contributed by atoms with Crippen molar-refractivity contribution < 1.29 is 9.59 Å². The Kier molecular flexibility index (Phi) is 8.58. The summed E-state index contributed by atoms with van der Waals surface area (Å²) >= 11 is 3.33. The molecule has 0 aliphatic carbocycles. The fraction of sp³-hybridized carbons (Fsp3) is 0.500. The Morgan fingerprint density at radius 3 is 2.61 bits per heavy atom. The summed E-state index contributed by atoms with van der Waals surface area (Å²) in [6.07, 6.45) is 2.04. The third-order valence-corrected chi connectivity index (χ3v) is 4.44. The number of nitrogens with one attached hydrogen (secondary N) is 2. The Labute approximate surface area is 151 Å². The Morgan fingerprint density at radius 2 is 2.00 bits per heavy atom. The zero-order valence-electron chi connectivity index (χ0n) is 13.2. The lowest BCUT2D eigenvalue weighted by atomic mass is 9.97. The van der Waals surface area contributed by atoms with Gasteiger partial charge in [-0.05, 0) is 50.6 Å². The number of piperidine rings is 1. The highest BCUT2D eigenvalue weighted by molar-refractivity contribution is 9.10. The molecule has 0 radical (unpaired) electrons. The van der Waals surface area contributed by atoms with Crippen LogP contribution in [-0.2, 0) is 4.79 Å². The van der Waals surface area contributed by atoms with E-state index in [0.717, 1.165) is 36.9 Å². The predicted octanol–water partition coefficient (Wildman–Crippen LogP) is 2.06. The number of halogens is 2.